The van der Waals surface area contributed by atoms with E-state index in [4.69, 9.17) is 4.74 Å². The number of aliphatic hydroxyl groups is 1. The van der Waals surface area contributed by atoms with Crippen LogP contribution in [0.4, 0.5) is 17.6 Å². The molecule has 0 amide bonds. The van der Waals surface area contributed by atoms with E-state index < -0.39 is 40.5 Å². The number of epoxide rings is 1. The number of aromatic nitrogens is 6. The van der Waals surface area contributed by atoms with E-state index in [1.807, 2.05) is 13.8 Å². The number of ether oxygens (including phenoxy) is 1. The molecule has 4 aromatic rings. The molecule has 4 atom stereocenters. The summed E-state index contributed by atoms with van der Waals surface area (Å²) in [6.07, 6.45) is 9.68. The van der Waals surface area contributed by atoms with Crippen LogP contribution in [0.25, 0.3) is 0 Å². The van der Waals surface area contributed by atoms with Crippen LogP contribution >= 0.6 is 61.2 Å². The molecule has 2 aromatic carbocycles. The van der Waals surface area contributed by atoms with E-state index in [2.05, 4.69) is 80.8 Å². The van der Waals surface area contributed by atoms with E-state index in [0.717, 1.165) is 57.2 Å². The number of nitrogens with one attached hydrogen (secondary N) is 1. The number of likely N-dealkylation sites (tertiary alicyclic amines) is 1. The summed E-state index contributed by atoms with van der Waals surface area (Å²) >= 11 is 4.24. The van der Waals surface area contributed by atoms with Crippen molar-refractivity contribution in [2.45, 2.75) is 76.0 Å². The molecule has 5 heterocycles. The first kappa shape index (κ1) is 45.3. The van der Waals surface area contributed by atoms with Gasteiger partial charge in [-0.1, -0.05) is 36.4 Å². The van der Waals surface area contributed by atoms with Gasteiger partial charge in [-0.3, -0.25) is 4.90 Å². The van der Waals surface area contributed by atoms with Gasteiger partial charge < -0.3 is 15.2 Å². The van der Waals surface area contributed by atoms with Crippen molar-refractivity contribution in [1.82, 2.24) is 39.7 Å². The molecule has 3 aliphatic rings. The number of halogens is 7. The maximum atomic E-state index is 14.5. The molecule has 53 heavy (non-hydrogen) atoms. The first-order valence-electron chi connectivity index (χ1n) is 16.8. The van der Waals surface area contributed by atoms with Crippen LogP contribution in [0, 0.1) is 23.3 Å². The zero-order chi connectivity index (χ0) is 37.9. The number of benzene rings is 2. The summed E-state index contributed by atoms with van der Waals surface area (Å²) in [4.78, 5) is 9.82. The van der Waals surface area contributed by atoms with Crippen LogP contribution in [0.1, 0.15) is 50.7 Å². The predicted molar refractivity (Wildman–Crippen MR) is 223 cm³/mol. The summed E-state index contributed by atoms with van der Waals surface area (Å²) in [7, 11) is 0. The van der Waals surface area contributed by atoms with Crippen molar-refractivity contribution in [3.63, 3.8) is 0 Å². The third-order valence-electron chi connectivity index (χ3n) is 9.56. The second-order valence-electron chi connectivity index (χ2n) is 13.0. The quantitative estimate of drug-likeness (QED) is 0.0802. The number of hydrogen-bond donors (Lipinski definition) is 2. The molecular weight excluding hydrogens is 1030 g/mol. The number of nitrogens with zero attached hydrogens (tertiary/aromatic N) is 7. The molecule has 10 nitrogen and oxygen atoms in total. The highest BCUT2D eigenvalue weighted by atomic mass is 128. The van der Waals surface area contributed by atoms with Gasteiger partial charge >= 0.3 is 0 Å². The molecule has 0 saturated carbocycles. The molecule has 2 aromatic heterocycles. The topological polar surface area (TPSA) is 109 Å². The average molecular weight is 1080 g/mol. The molecule has 2 N–H and O–H groups in total. The molecule has 3 aliphatic heterocycles. The summed E-state index contributed by atoms with van der Waals surface area (Å²) in [5.74, 6) is -2.64. The second kappa shape index (κ2) is 21.3. The third-order valence-corrected chi connectivity index (χ3v) is 9.56. The molecule has 0 bridgehead atoms. The normalized spacial score (nSPS) is 21.3. The fraction of sp³-hybridized carbons (Fsp3) is 0.444. The van der Waals surface area contributed by atoms with E-state index in [1.54, 1.807) is 4.68 Å². The Kier molecular flexibility index (Phi) is 18.2. The smallest absolute Gasteiger partial charge is 0.142 e. The van der Waals surface area contributed by atoms with E-state index in [0.29, 0.717) is 12.1 Å². The van der Waals surface area contributed by atoms with Crippen molar-refractivity contribution in [2.75, 3.05) is 26.2 Å². The lowest BCUT2D eigenvalue weighted by Crippen LogP contribution is -2.53. The first-order chi connectivity index (χ1) is 24.9. The molecular formula is C36H45F4I3N8O2. The summed E-state index contributed by atoms with van der Waals surface area (Å²) in [6.45, 7) is 15.7. The Morgan fingerprint density at radius 1 is 0.906 bits per heavy atom. The minimum Gasteiger partial charge on any atom is -0.381 e. The molecule has 0 radical (unpaired) electrons. The lowest BCUT2D eigenvalue weighted by atomic mass is 9.84. The molecule has 3 fully saturated rings. The molecule has 17 heteroatoms. The highest BCUT2D eigenvalue weighted by Crippen LogP contribution is 2.48. The van der Waals surface area contributed by atoms with Crippen LogP contribution in [0.5, 0.6) is 0 Å². The number of piperidine rings is 2. The Morgan fingerprint density at radius 2 is 1.43 bits per heavy atom. The van der Waals surface area contributed by atoms with Gasteiger partial charge in [0.05, 0.1) is 19.2 Å². The van der Waals surface area contributed by atoms with Crippen molar-refractivity contribution in [3.8, 4) is 0 Å². The highest BCUT2D eigenvalue weighted by Gasteiger charge is 2.56. The summed E-state index contributed by atoms with van der Waals surface area (Å²) in [6, 6.07) is 6.39. The molecule has 3 saturated heterocycles. The van der Waals surface area contributed by atoms with Crippen LogP contribution in [-0.2, 0) is 29.0 Å². The second-order valence-corrected chi connectivity index (χ2v) is 13.0. The Balaban J connectivity index is 0.000000235. The molecule has 0 spiro atoms. The fourth-order valence-corrected chi connectivity index (χ4v) is 6.36. The zero-order valence-corrected chi connectivity index (χ0v) is 36.2. The summed E-state index contributed by atoms with van der Waals surface area (Å²) in [5.41, 5.74) is 0.638. The van der Waals surface area contributed by atoms with E-state index in [9.17, 15) is 22.7 Å². The molecule has 0 unspecified atom stereocenters. The fourth-order valence-electron chi connectivity index (χ4n) is 6.36. The van der Waals surface area contributed by atoms with Gasteiger partial charge in [0.25, 0.3) is 0 Å². The van der Waals surface area contributed by atoms with Crippen LogP contribution < -0.4 is 5.32 Å². The summed E-state index contributed by atoms with van der Waals surface area (Å²) in [5, 5.41) is 22.8. The molecule has 290 valence electrons. The number of hydrogen-bond acceptors (Lipinski definition) is 8. The molecule has 0 aliphatic carbocycles. The van der Waals surface area contributed by atoms with E-state index in [1.165, 1.54) is 72.2 Å². The van der Waals surface area contributed by atoms with Gasteiger partial charge in [-0.15, -0.1) is 24.0 Å². The minimum absolute atomic E-state index is 0. The van der Waals surface area contributed by atoms with Crippen LogP contribution in [0.3, 0.4) is 0 Å². The minimum atomic E-state index is -1.58. The summed E-state index contributed by atoms with van der Waals surface area (Å²) < 4.78 is 63.1. The van der Waals surface area contributed by atoms with Gasteiger partial charge in [0, 0.05) is 79.6 Å². The Labute approximate surface area is 348 Å². The Morgan fingerprint density at radius 3 is 1.91 bits per heavy atom. The van der Waals surface area contributed by atoms with Gasteiger partial charge in [-0.25, -0.2) is 36.9 Å². The van der Waals surface area contributed by atoms with Gasteiger partial charge in [0.15, 0.2) is 0 Å². The van der Waals surface area contributed by atoms with Crippen molar-refractivity contribution >= 4 is 61.2 Å². The van der Waals surface area contributed by atoms with Crippen molar-refractivity contribution in [1.29, 1.82) is 0 Å². The predicted octanol–water partition coefficient (Wildman–Crippen LogP) is 7.67. The van der Waals surface area contributed by atoms with Gasteiger partial charge in [-0.2, -0.15) is 10.2 Å². The van der Waals surface area contributed by atoms with Gasteiger partial charge in [0.2, 0.25) is 0 Å². The lowest BCUT2D eigenvalue weighted by molar-refractivity contribution is -0.0657. The SMILES string of the molecule is C=C1CCN([C@H](C)[C@](O)(Cn2cncn2)c2ccc(F)cc2F)CC1.C=C1CCNCC1.C[C@@H]1O[C@@]1(Cn1cncn1)c1ccc(F)cc1F.I.II. The van der Waals surface area contributed by atoms with Crippen molar-refractivity contribution < 1.29 is 27.4 Å². The standard InChI is InChI=1S/C18H22F2N4O.C12H11F2N3O.C6H11N.I2.HI/c1-13-5-7-23(8-6-13)14(2)18(25,10-24-12-21-11-22-24)16-4-3-15(19)9-17(16)20;1-8-12(18-8,5-17-7-15-6-16-17)10-3-2-9(13)4-11(10)14;1-6-2-4-7-5-3-6;1-2;/h3-4,9,11-12,14,25H,1,5-8,10H2,2H3;2-4,6-8H,5H2,1H3;7H,1-5H2;;1H/t14-,18-;8-,12+;;;/m10.../s1. The van der Waals surface area contributed by atoms with Crippen molar-refractivity contribution in [3.05, 3.63) is 120 Å². The first-order valence-corrected chi connectivity index (χ1v) is 23.1. The Bertz CT molecular complexity index is 1740. The molecule has 7 rings (SSSR count). The lowest BCUT2D eigenvalue weighted by Gasteiger charge is -2.43. The average Bonchev–Trinajstić information content (AvgIpc) is 3.50. The largest absolute Gasteiger partial charge is 0.381 e. The van der Waals surface area contributed by atoms with E-state index >= 15 is 0 Å². The monoisotopic (exact) mass is 1080 g/mol. The van der Waals surface area contributed by atoms with E-state index in [-0.39, 0.29) is 42.2 Å². The highest BCUT2D eigenvalue weighted by molar-refractivity contribution is 15.0. The zero-order valence-electron chi connectivity index (χ0n) is 29.6. The van der Waals surface area contributed by atoms with Crippen LogP contribution in [-0.4, -0.2) is 77.9 Å². The number of rotatable bonds is 8. The Hall–Kier alpha value is -2.05. The van der Waals surface area contributed by atoms with Crippen LogP contribution in [0.2, 0.25) is 0 Å². The third kappa shape index (κ3) is 12.2. The van der Waals surface area contributed by atoms with Gasteiger partial charge in [0.1, 0.15) is 59.8 Å². The van der Waals surface area contributed by atoms with Crippen LogP contribution in [0.15, 0.2) is 86.0 Å². The van der Waals surface area contributed by atoms with Gasteiger partial charge in [-0.05, 0) is 64.8 Å². The van der Waals surface area contributed by atoms with Crippen molar-refractivity contribution in [2.24, 2.45) is 0 Å². The maximum absolute atomic E-state index is 14.5. The maximum Gasteiger partial charge on any atom is 0.142 e.